The first-order valence-electron chi connectivity index (χ1n) is 10.4. The molecule has 0 amide bonds. The second-order valence-electron chi connectivity index (χ2n) is 8.18. The van der Waals surface area contributed by atoms with Crippen LogP contribution < -0.4 is 4.72 Å². The van der Waals surface area contributed by atoms with E-state index in [1.165, 1.54) is 5.52 Å². The highest BCUT2D eigenvalue weighted by atomic mass is 32.2. The summed E-state index contributed by atoms with van der Waals surface area (Å²) in [6, 6.07) is 14.3. The first kappa shape index (κ1) is 20.1. The van der Waals surface area contributed by atoms with Crippen LogP contribution in [0, 0.1) is 0 Å². The average molecular weight is 436 g/mol. The quantitative estimate of drug-likeness (QED) is 0.458. The summed E-state index contributed by atoms with van der Waals surface area (Å²) in [6.45, 7) is 4.32. The van der Waals surface area contributed by atoms with Crippen molar-refractivity contribution in [3.05, 3.63) is 59.8 Å². The van der Waals surface area contributed by atoms with Crippen molar-refractivity contribution in [2.24, 2.45) is 0 Å². The van der Waals surface area contributed by atoms with Gasteiger partial charge in [-0.1, -0.05) is 23.4 Å². The van der Waals surface area contributed by atoms with Crippen LogP contribution in [0.5, 0.6) is 0 Å². The van der Waals surface area contributed by atoms with Crippen molar-refractivity contribution in [3.63, 3.8) is 0 Å². The van der Waals surface area contributed by atoms with Gasteiger partial charge < -0.3 is 13.6 Å². The number of hydrogen-bond acceptors (Lipinski definition) is 5. The summed E-state index contributed by atoms with van der Waals surface area (Å²) in [7, 11) is 0. The molecule has 0 radical (unpaired) electrons. The zero-order valence-electron chi connectivity index (χ0n) is 17.4. The van der Waals surface area contributed by atoms with Gasteiger partial charge in [0, 0.05) is 51.6 Å². The standard InChI is InChI=1S/C23H24N4O3S/c1-14(2)27-12-11-15-13-16(9-10-21(15)27)23-24-22(25-30-23)19-7-3-6-18-17(19)5-4-8-20(18)26-31(28)29/h3,6-7,9-14,20,26H,4-5,8H2,1-2H3,(H,28,29)/p-1. The van der Waals surface area contributed by atoms with Gasteiger partial charge in [0.15, 0.2) is 0 Å². The van der Waals surface area contributed by atoms with Crippen molar-refractivity contribution in [2.75, 3.05) is 0 Å². The maximum Gasteiger partial charge on any atom is 0.258 e. The molecular formula is C23H23N4O3S-. The van der Waals surface area contributed by atoms with Gasteiger partial charge in [0.25, 0.3) is 5.89 Å². The van der Waals surface area contributed by atoms with E-state index in [0.717, 1.165) is 46.9 Å². The summed E-state index contributed by atoms with van der Waals surface area (Å²) in [6.07, 6.45) is 4.62. The minimum Gasteiger partial charge on any atom is -0.760 e. The SMILES string of the molecule is CC(C)n1ccc2cc(-c3nc(-c4cccc5c4CCCC5NS(=O)[O-])no3)ccc21. The fraction of sp³-hybridized carbons (Fsp3) is 0.304. The topological polar surface area (TPSA) is 96.0 Å². The third-order valence-electron chi connectivity index (χ3n) is 5.94. The number of hydrogen-bond donors (Lipinski definition) is 1. The first-order chi connectivity index (χ1) is 15.0. The summed E-state index contributed by atoms with van der Waals surface area (Å²) >= 11 is -2.31. The Labute approximate surface area is 182 Å². The van der Waals surface area contributed by atoms with Crippen molar-refractivity contribution < 1.29 is 13.3 Å². The lowest BCUT2D eigenvalue weighted by molar-refractivity contribution is 0.432. The van der Waals surface area contributed by atoms with E-state index in [9.17, 15) is 8.76 Å². The van der Waals surface area contributed by atoms with Crippen LogP contribution in [0.1, 0.15) is 49.9 Å². The molecule has 1 N–H and O–H groups in total. The monoisotopic (exact) mass is 435 g/mol. The van der Waals surface area contributed by atoms with Gasteiger partial charge in [-0.25, -0.2) is 4.72 Å². The molecule has 1 aliphatic rings. The van der Waals surface area contributed by atoms with E-state index in [0.29, 0.717) is 17.8 Å². The molecule has 0 bridgehead atoms. The van der Waals surface area contributed by atoms with E-state index >= 15 is 0 Å². The number of fused-ring (bicyclic) bond motifs is 2. The van der Waals surface area contributed by atoms with Crippen LogP contribution in [0.4, 0.5) is 0 Å². The molecule has 160 valence electrons. The van der Waals surface area contributed by atoms with Crippen LogP contribution in [0.15, 0.2) is 53.2 Å². The molecule has 1 aliphatic carbocycles. The zero-order chi connectivity index (χ0) is 21.5. The van der Waals surface area contributed by atoms with Gasteiger partial charge in [-0.2, -0.15) is 4.98 Å². The van der Waals surface area contributed by atoms with Gasteiger partial charge in [-0.3, -0.25) is 4.21 Å². The predicted molar refractivity (Wildman–Crippen MR) is 119 cm³/mol. The van der Waals surface area contributed by atoms with Crippen LogP contribution in [0.3, 0.4) is 0 Å². The lowest BCUT2D eigenvalue weighted by Gasteiger charge is -2.28. The van der Waals surface area contributed by atoms with E-state index in [2.05, 4.69) is 57.7 Å². The van der Waals surface area contributed by atoms with Crippen molar-refractivity contribution >= 4 is 22.2 Å². The maximum absolute atomic E-state index is 11.2. The Morgan fingerprint density at radius 3 is 2.94 bits per heavy atom. The second kappa shape index (κ2) is 8.03. The normalized spacial score (nSPS) is 17.2. The lowest BCUT2D eigenvalue weighted by atomic mass is 9.85. The Hall–Kier alpha value is -2.81. The molecule has 0 aliphatic heterocycles. The van der Waals surface area contributed by atoms with Crippen LogP contribution in [0.25, 0.3) is 33.7 Å². The molecule has 2 heterocycles. The molecule has 0 saturated carbocycles. The molecule has 0 saturated heterocycles. The number of nitrogens with zero attached hydrogens (tertiary/aromatic N) is 3. The number of aromatic nitrogens is 3. The van der Waals surface area contributed by atoms with Crippen molar-refractivity contribution in [1.29, 1.82) is 0 Å². The summed E-state index contributed by atoms with van der Waals surface area (Å²) in [5.41, 5.74) is 5.00. The molecular weight excluding hydrogens is 412 g/mol. The summed E-state index contributed by atoms with van der Waals surface area (Å²) in [5.74, 6) is 0.994. The highest BCUT2D eigenvalue weighted by Gasteiger charge is 2.24. The van der Waals surface area contributed by atoms with Gasteiger partial charge in [0.1, 0.15) is 0 Å². The smallest absolute Gasteiger partial charge is 0.258 e. The first-order valence-corrected chi connectivity index (χ1v) is 11.5. The van der Waals surface area contributed by atoms with Gasteiger partial charge in [0.2, 0.25) is 5.82 Å². The van der Waals surface area contributed by atoms with Crippen LogP contribution in [-0.4, -0.2) is 23.5 Å². The average Bonchev–Trinajstić information content (AvgIpc) is 3.40. The Bertz CT molecular complexity index is 1280. The van der Waals surface area contributed by atoms with Crippen molar-refractivity contribution in [1.82, 2.24) is 19.4 Å². The van der Waals surface area contributed by atoms with Gasteiger partial charge in [-0.15, -0.1) is 0 Å². The Morgan fingerprint density at radius 2 is 2.13 bits per heavy atom. The predicted octanol–water partition coefficient (Wildman–Crippen LogP) is 4.70. The number of benzene rings is 2. The third kappa shape index (κ3) is 3.71. The molecule has 7 nitrogen and oxygen atoms in total. The summed E-state index contributed by atoms with van der Waals surface area (Å²) in [5, 5.41) is 5.36. The molecule has 0 fully saturated rings. The van der Waals surface area contributed by atoms with Crippen LogP contribution in [0.2, 0.25) is 0 Å². The number of nitrogens with one attached hydrogen (secondary N) is 1. The molecule has 4 aromatic rings. The summed E-state index contributed by atoms with van der Waals surface area (Å²) < 4.78 is 32.8. The Morgan fingerprint density at radius 1 is 1.26 bits per heavy atom. The Balaban J connectivity index is 1.50. The molecule has 2 aromatic heterocycles. The highest BCUT2D eigenvalue weighted by molar-refractivity contribution is 7.77. The highest BCUT2D eigenvalue weighted by Crippen LogP contribution is 2.36. The Kier molecular flexibility index (Phi) is 5.21. The third-order valence-corrected chi connectivity index (χ3v) is 6.41. The summed E-state index contributed by atoms with van der Waals surface area (Å²) in [4.78, 5) is 4.67. The van der Waals surface area contributed by atoms with Crippen molar-refractivity contribution in [3.8, 4) is 22.8 Å². The van der Waals surface area contributed by atoms with E-state index in [-0.39, 0.29) is 6.04 Å². The van der Waals surface area contributed by atoms with Gasteiger partial charge in [-0.05, 0) is 68.5 Å². The molecule has 5 rings (SSSR count). The van der Waals surface area contributed by atoms with Crippen molar-refractivity contribution in [2.45, 2.75) is 45.2 Å². The maximum atomic E-state index is 11.2. The second-order valence-corrected chi connectivity index (χ2v) is 8.89. The lowest BCUT2D eigenvalue weighted by Crippen LogP contribution is -2.27. The fourth-order valence-electron chi connectivity index (χ4n) is 4.49. The van der Waals surface area contributed by atoms with Crippen LogP contribution in [-0.2, 0) is 17.7 Å². The molecule has 0 spiro atoms. The van der Waals surface area contributed by atoms with E-state index < -0.39 is 11.3 Å². The largest absolute Gasteiger partial charge is 0.760 e. The molecule has 31 heavy (non-hydrogen) atoms. The zero-order valence-corrected chi connectivity index (χ0v) is 18.2. The van der Waals surface area contributed by atoms with E-state index in [4.69, 9.17) is 4.52 Å². The fourth-order valence-corrected chi connectivity index (χ4v) is 4.97. The molecule has 2 atom stereocenters. The minimum atomic E-state index is -2.31. The van der Waals surface area contributed by atoms with E-state index in [1.807, 2.05) is 24.3 Å². The molecule has 2 aromatic carbocycles. The minimum absolute atomic E-state index is 0.221. The molecule has 2 unspecified atom stereocenters. The molecule has 8 heteroatoms. The van der Waals surface area contributed by atoms with Crippen LogP contribution >= 0.6 is 0 Å². The van der Waals surface area contributed by atoms with Gasteiger partial charge >= 0.3 is 0 Å². The van der Waals surface area contributed by atoms with Gasteiger partial charge in [0.05, 0.1) is 0 Å². The number of rotatable bonds is 5. The van der Waals surface area contributed by atoms with E-state index in [1.54, 1.807) is 0 Å².